The lowest BCUT2D eigenvalue weighted by Crippen LogP contribution is -2.01. The Balaban J connectivity index is 1.26. The molecule has 0 spiro atoms. The minimum atomic E-state index is 0.616. The van der Waals surface area contributed by atoms with Crippen LogP contribution in [0, 0.1) is 0 Å². The second-order valence-corrected chi connectivity index (χ2v) is 12.4. The van der Waals surface area contributed by atoms with Gasteiger partial charge in [0.05, 0.1) is 0 Å². The van der Waals surface area contributed by atoms with Crippen molar-refractivity contribution in [2.45, 2.75) is 0 Å². The van der Waals surface area contributed by atoms with Gasteiger partial charge in [-0.25, -0.2) is 15.0 Å². The zero-order valence-electron chi connectivity index (χ0n) is 26.3. The van der Waals surface area contributed by atoms with Gasteiger partial charge in [-0.3, -0.25) is 0 Å². The predicted octanol–water partition coefficient (Wildman–Crippen LogP) is 11.9. The normalized spacial score (nSPS) is 11.7. The summed E-state index contributed by atoms with van der Waals surface area (Å²) in [6.45, 7) is 0. The quantitative estimate of drug-likeness (QED) is 0.183. The van der Waals surface area contributed by atoms with Gasteiger partial charge < -0.3 is 4.42 Å². The van der Waals surface area contributed by atoms with Gasteiger partial charge >= 0.3 is 0 Å². The Kier molecular flexibility index (Phi) is 6.15. The van der Waals surface area contributed by atoms with E-state index >= 15 is 0 Å². The molecule has 2 heterocycles. The Hall–Kier alpha value is -6.65. The van der Waals surface area contributed by atoms with E-state index in [2.05, 4.69) is 146 Å². The lowest BCUT2D eigenvalue weighted by molar-refractivity contribution is 0.669. The molecule has 0 aliphatic rings. The van der Waals surface area contributed by atoms with E-state index in [-0.39, 0.29) is 0 Å². The van der Waals surface area contributed by atoms with Gasteiger partial charge in [0, 0.05) is 27.5 Å². The summed E-state index contributed by atoms with van der Waals surface area (Å²) in [7, 11) is 0. The number of hydrogen-bond donors (Lipinski definition) is 0. The van der Waals surface area contributed by atoms with E-state index in [9.17, 15) is 0 Å². The zero-order valence-corrected chi connectivity index (χ0v) is 26.3. The summed E-state index contributed by atoms with van der Waals surface area (Å²) in [6.07, 6.45) is 0. The molecule has 0 aliphatic carbocycles. The van der Waals surface area contributed by atoms with Crippen molar-refractivity contribution in [1.29, 1.82) is 0 Å². The van der Waals surface area contributed by atoms with Crippen molar-refractivity contribution >= 4 is 54.3 Å². The highest BCUT2D eigenvalue weighted by Crippen LogP contribution is 2.41. The fraction of sp³-hybridized carbons (Fsp3) is 0. The maximum atomic E-state index is 6.28. The lowest BCUT2D eigenvalue weighted by Gasteiger charge is -2.14. The van der Waals surface area contributed by atoms with Crippen LogP contribution in [0.15, 0.2) is 168 Å². The molecule has 0 unspecified atom stereocenters. The number of benzene rings is 8. The fourth-order valence-electron chi connectivity index (χ4n) is 7.23. The van der Waals surface area contributed by atoms with E-state index in [1.54, 1.807) is 0 Å². The van der Waals surface area contributed by atoms with Crippen molar-refractivity contribution in [2.24, 2.45) is 0 Å². The minimum absolute atomic E-state index is 0.616. The van der Waals surface area contributed by atoms with Crippen LogP contribution in [-0.4, -0.2) is 15.0 Å². The summed E-state index contributed by atoms with van der Waals surface area (Å²) in [5.74, 6) is 1.88. The predicted molar refractivity (Wildman–Crippen MR) is 201 cm³/mol. The zero-order chi connectivity index (χ0) is 32.3. The van der Waals surface area contributed by atoms with Crippen LogP contribution in [0.25, 0.3) is 99.5 Å². The number of fused-ring (bicyclic) bond motifs is 7. The third-order valence-electron chi connectivity index (χ3n) is 9.51. The van der Waals surface area contributed by atoms with Gasteiger partial charge in [0.2, 0.25) is 0 Å². The standard InChI is InChI=1S/C45H27N3O/c1-2-13-29-26-31(25-24-28(29)12-1)43-46-44(48-45(47-43)39-27-30-14-3-4-15-32(30)33-16-5-6-17-34(33)39)37-19-8-7-18-35(37)36-21-11-23-41-42(36)38-20-9-10-22-40(38)49-41/h1-27H. The van der Waals surface area contributed by atoms with Crippen LogP contribution >= 0.6 is 0 Å². The average molecular weight is 626 g/mol. The van der Waals surface area contributed by atoms with Crippen molar-refractivity contribution < 1.29 is 4.42 Å². The van der Waals surface area contributed by atoms with Gasteiger partial charge in [0.15, 0.2) is 17.5 Å². The first-order chi connectivity index (χ1) is 24.3. The molecule has 0 saturated carbocycles. The van der Waals surface area contributed by atoms with Crippen LogP contribution in [-0.2, 0) is 0 Å². The molecule has 10 aromatic rings. The molecule has 4 nitrogen and oxygen atoms in total. The highest BCUT2D eigenvalue weighted by molar-refractivity contribution is 6.14. The van der Waals surface area contributed by atoms with Crippen molar-refractivity contribution in [2.75, 3.05) is 0 Å². The Morgan fingerprint density at radius 2 is 0.918 bits per heavy atom. The van der Waals surface area contributed by atoms with Crippen molar-refractivity contribution in [3.63, 3.8) is 0 Å². The second kappa shape index (κ2) is 11.0. The molecular formula is C45H27N3O. The van der Waals surface area contributed by atoms with Crippen LogP contribution in [0.4, 0.5) is 0 Å². The third-order valence-corrected chi connectivity index (χ3v) is 9.51. The fourth-order valence-corrected chi connectivity index (χ4v) is 7.23. The monoisotopic (exact) mass is 625 g/mol. The molecule has 10 rings (SSSR count). The first-order valence-corrected chi connectivity index (χ1v) is 16.4. The number of aromatic nitrogens is 3. The molecule has 0 radical (unpaired) electrons. The van der Waals surface area contributed by atoms with E-state index in [1.807, 2.05) is 18.2 Å². The van der Waals surface area contributed by atoms with E-state index < -0.39 is 0 Å². The summed E-state index contributed by atoms with van der Waals surface area (Å²) < 4.78 is 6.28. The topological polar surface area (TPSA) is 51.8 Å². The number of para-hydroxylation sites is 1. The van der Waals surface area contributed by atoms with Crippen LogP contribution < -0.4 is 0 Å². The molecule has 0 amide bonds. The number of rotatable bonds is 4. The van der Waals surface area contributed by atoms with Crippen molar-refractivity contribution in [3.05, 3.63) is 164 Å². The summed E-state index contributed by atoms with van der Waals surface area (Å²) in [4.78, 5) is 15.7. The van der Waals surface area contributed by atoms with Crippen molar-refractivity contribution in [3.8, 4) is 45.3 Å². The van der Waals surface area contributed by atoms with Crippen LogP contribution in [0.5, 0.6) is 0 Å². The van der Waals surface area contributed by atoms with Gasteiger partial charge in [-0.05, 0) is 67.7 Å². The number of nitrogens with zero attached hydrogens (tertiary/aromatic N) is 3. The maximum absolute atomic E-state index is 6.28. The highest BCUT2D eigenvalue weighted by atomic mass is 16.3. The molecule has 2 aromatic heterocycles. The van der Waals surface area contributed by atoms with Gasteiger partial charge in [-0.2, -0.15) is 0 Å². The molecule has 0 bridgehead atoms. The van der Waals surface area contributed by atoms with E-state index in [4.69, 9.17) is 19.4 Å². The molecule has 0 fully saturated rings. The van der Waals surface area contributed by atoms with Gasteiger partial charge in [-0.15, -0.1) is 0 Å². The molecule has 8 aromatic carbocycles. The summed E-state index contributed by atoms with van der Waals surface area (Å²) >= 11 is 0. The molecule has 228 valence electrons. The number of hydrogen-bond acceptors (Lipinski definition) is 4. The largest absolute Gasteiger partial charge is 0.456 e. The summed E-state index contributed by atoms with van der Waals surface area (Å²) in [6, 6.07) is 56.9. The van der Waals surface area contributed by atoms with Crippen LogP contribution in [0.3, 0.4) is 0 Å². The van der Waals surface area contributed by atoms with Gasteiger partial charge in [0.25, 0.3) is 0 Å². The first-order valence-electron chi connectivity index (χ1n) is 16.4. The minimum Gasteiger partial charge on any atom is -0.456 e. The number of furan rings is 1. The third kappa shape index (κ3) is 4.49. The highest BCUT2D eigenvalue weighted by Gasteiger charge is 2.20. The Morgan fingerprint density at radius 3 is 1.78 bits per heavy atom. The van der Waals surface area contributed by atoms with E-state index in [1.165, 1.54) is 16.2 Å². The molecule has 0 aliphatic heterocycles. The summed E-state index contributed by atoms with van der Waals surface area (Å²) in [5, 5.41) is 9.09. The smallest absolute Gasteiger partial charge is 0.164 e. The Bertz CT molecular complexity index is 2900. The second-order valence-electron chi connectivity index (χ2n) is 12.4. The van der Waals surface area contributed by atoms with Crippen LogP contribution in [0.2, 0.25) is 0 Å². The SMILES string of the molecule is c1ccc(-c2cccc3oc4ccccc4c23)c(-c2nc(-c3ccc4ccccc4c3)nc(-c3cc4ccccc4c4ccccc34)n2)c1. The summed E-state index contributed by atoms with van der Waals surface area (Å²) in [5.41, 5.74) is 6.66. The average Bonchev–Trinajstić information content (AvgIpc) is 3.56. The maximum Gasteiger partial charge on any atom is 0.164 e. The molecule has 4 heteroatoms. The molecule has 0 saturated heterocycles. The molecule has 49 heavy (non-hydrogen) atoms. The van der Waals surface area contributed by atoms with E-state index in [0.717, 1.165) is 65.9 Å². The Morgan fingerprint density at radius 1 is 0.327 bits per heavy atom. The van der Waals surface area contributed by atoms with E-state index in [0.29, 0.717) is 17.5 Å². The molecular weight excluding hydrogens is 599 g/mol. The molecule has 0 atom stereocenters. The lowest BCUT2D eigenvalue weighted by atomic mass is 9.94. The van der Waals surface area contributed by atoms with Crippen LogP contribution in [0.1, 0.15) is 0 Å². The molecule has 0 N–H and O–H groups in total. The Labute approximate surface area is 282 Å². The first kappa shape index (κ1) is 27.5. The van der Waals surface area contributed by atoms with Gasteiger partial charge in [-0.1, -0.05) is 140 Å². The van der Waals surface area contributed by atoms with Gasteiger partial charge in [0.1, 0.15) is 11.2 Å². The van der Waals surface area contributed by atoms with Crippen molar-refractivity contribution in [1.82, 2.24) is 15.0 Å².